The maximum atomic E-state index is 13.0. The molecule has 3 heterocycles. The first-order chi connectivity index (χ1) is 16.8. The summed E-state index contributed by atoms with van der Waals surface area (Å²) in [5, 5.41) is 2.90. The molecule has 0 radical (unpaired) electrons. The second-order valence-electron chi connectivity index (χ2n) is 8.51. The van der Waals surface area contributed by atoms with E-state index in [-0.39, 0.29) is 25.9 Å². The summed E-state index contributed by atoms with van der Waals surface area (Å²) in [5.41, 5.74) is 3.90. The van der Waals surface area contributed by atoms with Crippen molar-refractivity contribution in [1.82, 2.24) is 4.72 Å². The Morgan fingerprint density at radius 3 is 2.66 bits per heavy atom. The van der Waals surface area contributed by atoms with E-state index in [1.54, 1.807) is 30.3 Å². The molecule has 10 heteroatoms. The SMILES string of the molecule is O=C(/C=C/c1ccc(F)cc1)Nc1ccc2c(c1)CC1CCI(C2)[C@H]1NS(=O)(=O)c1ccc(Cl)s1. The van der Waals surface area contributed by atoms with E-state index < -0.39 is 29.8 Å². The van der Waals surface area contributed by atoms with Gasteiger partial charge in [-0.15, -0.1) is 0 Å². The fraction of sp³-hybridized carbons (Fsp3) is 0.240. The van der Waals surface area contributed by atoms with Gasteiger partial charge in [-0.3, -0.25) is 0 Å². The van der Waals surface area contributed by atoms with Crippen LogP contribution in [0, 0.1) is 11.7 Å². The third-order valence-electron chi connectivity index (χ3n) is 6.12. The number of hydrogen-bond acceptors (Lipinski definition) is 4. The number of benzene rings is 2. The van der Waals surface area contributed by atoms with Gasteiger partial charge >= 0.3 is 211 Å². The summed E-state index contributed by atoms with van der Waals surface area (Å²) in [4.78, 5) is 12.4. The van der Waals surface area contributed by atoms with Crippen LogP contribution in [-0.4, -0.2) is 22.8 Å². The van der Waals surface area contributed by atoms with Gasteiger partial charge in [0.2, 0.25) is 0 Å². The molecule has 3 aromatic rings. The second kappa shape index (κ2) is 10.3. The molecule has 5 nitrogen and oxygen atoms in total. The summed E-state index contributed by atoms with van der Waals surface area (Å²) in [5.74, 6) is -0.323. The van der Waals surface area contributed by atoms with Gasteiger partial charge in [0.05, 0.1) is 0 Å². The molecule has 2 aliphatic heterocycles. The van der Waals surface area contributed by atoms with Crippen molar-refractivity contribution >= 4 is 70.5 Å². The number of nitrogens with one attached hydrogen (secondary N) is 2. The van der Waals surface area contributed by atoms with Crippen molar-refractivity contribution in [3.05, 3.63) is 87.5 Å². The first-order valence-electron chi connectivity index (χ1n) is 11.0. The topological polar surface area (TPSA) is 75.3 Å². The Hall–Kier alpha value is -1.79. The average molecular weight is 645 g/mol. The van der Waals surface area contributed by atoms with Crippen LogP contribution in [0.25, 0.3) is 6.08 Å². The Kier molecular flexibility index (Phi) is 7.32. The van der Waals surface area contributed by atoms with Crippen LogP contribution in [0.4, 0.5) is 10.1 Å². The average Bonchev–Trinajstić information content (AvgIpc) is 3.37. The summed E-state index contributed by atoms with van der Waals surface area (Å²) < 4.78 is 44.8. The van der Waals surface area contributed by atoms with E-state index in [9.17, 15) is 17.6 Å². The van der Waals surface area contributed by atoms with Crippen LogP contribution in [0.5, 0.6) is 0 Å². The molecule has 0 spiro atoms. The van der Waals surface area contributed by atoms with E-state index in [0.717, 1.165) is 38.6 Å². The third kappa shape index (κ3) is 5.80. The summed E-state index contributed by atoms with van der Waals surface area (Å²) in [6.07, 6.45) is 4.88. The number of thiophene rings is 1. The van der Waals surface area contributed by atoms with Gasteiger partial charge in [0, 0.05) is 0 Å². The molecular weight excluding hydrogens is 622 g/mol. The molecule has 184 valence electrons. The predicted octanol–water partition coefficient (Wildman–Crippen LogP) is 6.08. The van der Waals surface area contributed by atoms with E-state index in [4.69, 9.17) is 11.6 Å². The van der Waals surface area contributed by atoms with Crippen LogP contribution in [0.3, 0.4) is 0 Å². The maximum absolute atomic E-state index is 13.0. The van der Waals surface area contributed by atoms with Gasteiger partial charge < -0.3 is 0 Å². The normalized spacial score (nSPS) is 20.6. The Bertz CT molecular complexity index is 1390. The monoisotopic (exact) mass is 644 g/mol. The van der Waals surface area contributed by atoms with Crippen LogP contribution >= 0.6 is 42.8 Å². The van der Waals surface area contributed by atoms with Crippen molar-refractivity contribution in [2.75, 3.05) is 9.74 Å². The predicted molar refractivity (Wildman–Crippen MR) is 148 cm³/mol. The summed E-state index contributed by atoms with van der Waals surface area (Å²) in [6.45, 7) is 0. The fourth-order valence-electron chi connectivity index (χ4n) is 4.38. The third-order valence-corrected chi connectivity index (χ3v) is 16.7. The molecule has 2 aliphatic rings. The van der Waals surface area contributed by atoms with E-state index in [2.05, 4.69) is 16.1 Å². The van der Waals surface area contributed by atoms with Crippen molar-refractivity contribution in [3.8, 4) is 0 Å². The van der Waals surface area contributed by atoms with Crippen LogP contribution in [0.1, 0.15) is 23.1 Å². The molecule has 1 fully saturated rings. The summed E-state index contributed by atoms with van der Waals surface area (Å²) >= 11 is 5.45. The van der Waals surface area contributed by atoms with Gasteiger partial charge in [-0.1, -0.05) is 0 Å². The number of fused-ring (bicyclic) bond motifs is 3. The molecule has 0 aliphatic carbocycles. The molecule has 2 bridgehead atoms. The number of halogens is 3. The van der Waals surface area contributed by atoms with Gasteiger partial charge in [-0.05, 0) is 0 Å². The number of rotatable bonds is 6. The van der Waals surface area contributed by atoms with Crippen molar-refractivity contribution < 1.29 is 17.6 Å². The van der Waals surface area contributed by atoms with Crippen LogP contribution < -0.4 is 10.0 Å². The first-order valence-corrected chi connectivity index (χ1v) is 18.0. The van der Waals surface area contributed by atoms with Crippen molar-refractivity contribution in [1.29, 1.82) is 0 Å². The van der Waals surface area contributed by atoms with Crippen molar-refractivity contribution in [2.45, 2.75) is 25.5 Å². The summed E-state index contributed by atoms with van der Waals surface area (Å²) in [6, 6.07) is 15.1. The van der Waals surface area contributed by atoms with Crippen LogP contribution in [0.2, 0.25) is 4.34 Å². The van der Waals surface area contributed by atoms with Gasteiger partial charge in [-0.25, -0.2) is 4.39 Å². The van der Waals surface area contributed by atoms with Crippen LogP contribution in [-0.2, 0) is 25.7 Å². The summed E-state index contributed by atoms with van der Waals surface area (Å²) in [7, 11) is -3.59. The van der Waals surface area contributed by atoms with E-state index >= 15 is 0 Å². The molecule has 0 saturated carbocycles. The number of amides is 1. The minimum absolute atomic E-state index is 0.0224. The number of carbonyl (C=O) groups excluding carboxylic acids is 1. The molecule has 1 unspecified atom stereocenters. The van der Waals surface area contributed by atoms with Crippen molar-refractivity contribution in [2.24, 2.45) is 5.92 Å². The molecule has 2 N–H and O–H groups in total. The molecule has 1 aromatic heterocycles. The number of hydrogen-bond donors (Lipinski definition) is 2. The van der Waals surface area contributed by atoms with Gasteiger partial charge in [0.25, 0.3) is 0 Å². The molecule has 1 amide bonds. The molecule has 1 saturated heterocycles. The van der Waals surface area contributed by atoms with Crippen molar-refractivity contribution in [3.63, 3.8) is 0 Å². The Balaban J connectivity index is 1.28. The minimum atomic E-state index is -3.59. The number of carbonyl (C=O) groups is 1. The van der Waals surface area contributed by atoms with Gasteiger partial charge in [0.15, 0.2) is 0 Å². The zero-order valence-corrected chi connectivity index (χ0v) is 23.1. The van der Waals surface area contributed by atoms with E-state index in [0.29, 0.717) is 10.0 Å². The molecule has 2 aromatic carbocycles. The quantitative estimate of drug-likeness (QED) is 0.148. The van der Waals surface area contributed by atoms with E-state index in [1.807, 2.05) is 12.1 Å². The fourth-order valence-corrected chi connectivity index (χ4v) is 16.2. The zero-order chi connectivity index (χ0) is 24.6. The second-order valence-corrected chi connectivity index (χ2v) is 18.2. The van der Waals surface area contributed by atoms with Gasteiger partial charge in [-0.2, -0.15) is 0 Å². The van der Waals surface area contributed by atoms with Gasteiger partial charge in [0.1, 0.15) is 5.82 Å². The number of sulfonamides is 1. The standard InChI is InChI=1S/C25H23ClFIN2O3S2/c26-22-8-10-24(34-22)35(32,33)30-25-17-11-12-28(25)15-18-4-7-21(14-19(18)13-17)29-23(31)9-3-16-1-5-20(27)6-2-16/h1-10,14,17,25,30H,11-13,15H2,(H,29,31)/b9-3+/t17?,25-/m0/s1. The number of alkyl halides is 3. The molecular formula is C25H23ClFIN2O3S2. The van der Waals surface area contributed by atoms with E-state index in [1.165, 1.54) is 29.3 Å². The Morgan fingerprint density at radius 2 is 1.91 bits per heavy atom. The Labute approximate surface area is 220 Å². The Morgan fingerprint density at radius 1 is 1.11 bits per heavy atom. The number of anilines is 1. The molecule has 5 rings (SSSR count). The first kappa shape index (κ1) is 24.9. The molecule has 35 heavy (non-hydrogen) atoms. The zero-order valence-electron chi connectivity index (χ0n) is 18.5. The molecule has 2 atom stereocenters. The van der Waals surface area contributed by atoms with Crippen LogP contribution in [0.15, 0.2) is 64.9 Å².